The smallest absolute Gasteiger partial charge is 0.131 e. The van der Waals surface area contributed by atoms with Crippen LogP contribution in [0.25, 0.3) is 5.57 Å². The molecular formula is C29H33FN2O. The Kier molecular flexibility index (Phi) is 7.24. The number of anilines is 2. The molecule has 0 aromatic heterocycles. The van der Waals surface area contributed by atoms with Gasteiger partial charge in [0.1, 0.15) is 11.6 Å². The van der Waals surface area contributed by atoms with Crippen molar-refractivity contribution < 1.29 is 9.18 Å². The lowest BCUT2D eigenvalue weighted by molar-refractivity contribution is -0.117. The molecule has 0 radical (unpaired) electrons. The summed E-state index contributed by atoms with van der Waals surface area (Å²) in [7, 11) is 0. The van der Waals surface area contributed by atoms with E-state index in [1.54, 1.807) is 13.0 Å². The van der Waals surface area contributed by atoms with Gasteiger partial charge in [-0.15, -0.1) is 0 Å². The zero-order valence-corrected chi connectivity index (χ0v) is 19.9. The van der Waals surface area contributed by atoms with Gasteiger partial charge in [0.15, 0.2) is 0 Å². The van der Waals surface area contributed by atoms with Crippen molar-refractivity contribution in [2.24, 2.45) is 0 Å². The number of halogens is 1. The molecule has 1 aliphatic carbocycles. The van der Waals surface area contributed by atoms with Gasteiger partial charge in [0.25, 0.3) is 0 Å². The molecule has 0 unspecified atom stereocenters. The lowest BCUT2D eigenvalue weighted by atomic mass is 9.92. The van der Waals surface area contributed by atoms with Gasteiger partial charge < -0.3 is 5.32 Å². The highest BCUT2D eigenvalue weighted by Gasteiger charge is 2.20. The fourth-order valence-electron chi connectivity index (χ4n) is 4.77. The van der Waals surface area contributed by atoms with Crippen LogP contribution in [0, 0.1) is 6.92 Å². The Labute approximate surface area is 196 Å². The van der Waals surface area contributed by atoms with Crippen molar-refractivity contribution >= 4 is 22.7 Å². The van der Waals surface area contributed by atoms with Crippen LogP contribution in [0.2, 0.25) is 0 Å². The number of allylic oxidation sites excluding steroid dienone is 6. The van der Waals surface area contributed by atoms with Crippen LogP contribution in [0.5, 0.6) is 0 Å². The highest BCUT2D eigenvalue weighted by molar-refractivity contribution is 5.84. The quantitative estimate of drug-likeness (QED) is 0.496. The summed E-state index contributed by atoms with van der Waals surface area (Å²) in [6.45, 7) is 8.43. The van der Waals surface area contributed by atoms with Gasteiger partial charge >= 0.3 is 0 Å². The van der Waals surface area contributed by atoms with Crippen molar-refractivity contribution in [3.63, 3.8) is 0 Å². The maximum Gasteiger partial charge on any atom is 0.131 e. The van der Waals surface area contributed by atoms with Gasteiger partial charge in [-0.2, -0.15) is 0 Å². The first kappa shape index (κ1) is 23.2. The van der Waals surface area contributed by atoms with Crippen molar-refractivity contribution in [3.05, 3.63) is 88.3 Å². The Morgan fingerprint density at radius 1 is 1.21 bits per heavy atom. The van der Waals surface area contributed by atoms with Crippen LogP contribution in [0.1, 0.15) is 55.4 Å². The molecule has 2 aromatic carbocycles. The zero-order valence-electron chi connectivity index (χ0n) is 19.9. The van der Waals surface area contributed by atoms with Crippen molar-refractivity contribution in [1.29, 1.82) is 0 Å². The molecule has 1 aliphatic heterocycles. The molecule has 1 heterocycles. The van der Waals surface area contributed by atoms with Crippen molar-refractivity contribution in [3.8, 4) is 0 Å². The van der Waals surface area contributed by atoms with Gasteiger partial charge in [0.2, 0.25) is 0 Å². The fourth-order valence-corrected chi connectivity index (χ4v) is 4.77. The van der Waals surface area contributed by atoms with Gasteiger partial charge in [0, 0.05) is 43.0 Å². The Balaban J connectivity index is 1.61. The number of aryl methyl sites for hydroxylation is 1. The van der Waals surface area contributed by atoms with Gasteiger partial charge in [-0.1, -0.05) is 42.8 Å². The van der Waals surface area contributed by atoms with Gasteiger partial charge in [-0.3, -0.25) is 9.69 Å². The van der Waals surface area contributed by atoms with Crippen LogP contribution >= 0.6 is 0 Å². The molecule has 33 heavy (non-hydrogen) atoms. The van der Waals surface area contributed by atoms with E-state index in [2.05, 4.69) is 53.5 Å². The average molecular weight is 445 g/mol. The Hall–Kier alpha value is -2.98. The van der Waals surface area contributed by atoms with Gasteiger partial charge in [-0.05, 0) is 79.6 Å². The summed E-state index contributed by atoms with van der Waals surface area (Å²) in [5, 5.41) is 3.61. The second-order valence-electron chi connectivity index (χ2n) is 9.06. The minimum absolute atomic E-state index is 0.163. The normalized spacial score (nSPS) is 16.3. The molecule has 0 amide bonds. The summed E-state index contributed by atoms with van der Waals surface area (Å²) in [5.74, 6) is 0.0760. The fraction of sp³-hybridized carbons (Fsp3) is 0.345. The molecule has 0 fully saturated rings. The van der Waals surface area contributed by atoms with Gasteiger partial charge in [0.05, 0.1) is 0 Å². The number of ketones is 1. The predicted octanol–water partition coefficient (Wildman–Crippen LogP) is 7.05. The SMILES string of the molecule is CCC1=C(c2cc(Nc3cccc4c3CCN(CCC(C)=O)C4)ccc2C)C(F)=CC=CC1. The minimum Gasteiger partial charge on any atom is -0.355 e. The lowest BCUT2D eigenvalue weighted by Crippen LogP contribution is -2.32. The predicted molar refractivity (Wildman–Crippen MR) is 135 cm³/mol. The molecule has 3 nitrogen and oxygen atoms in total. The molecule has 4 rings (SSSR count). The molecule has 172 valence electrons. The number of carbonyl (C=O) groups excluding carboxylic acids is 1. The number of nitrogens with zero attached hydrogens (tertiary/aromatic N) is 1. The van der Waals surface area contributed by atoms with Crippen LogP contribution in [-0.4, -0.2) is 23.8 Å². The number of fused-ring (bicyclic) bond motifs is 1. The van der Waals surface area contributed by atoms with E-state index in [0.717, 1.165) is 72.5 Å². The maximum absolute atomic E-state index is 15.0. The minimum atomic E-state index is -0.163. The number of hydrogen-bond donors (Lipinski definition) is 1. The van der Waals surface area contributed by atoms with E-state index < -0.39 is 0 Å². The highest BCUT2D eigenvalue weighted by atomic mass is 19.1. The largest absolute Gasteiger partial charge is 0.355 e. The molecule has 4 heteroatoms. The average Bonchev–Trinajstić information content (AvgIpc) is 2.99. The summed E-state index contributed by atoms with van der Waals surface area (Å²) >= 11 is 0. The monoisotopic (exact) mass is 444 g/mol. The van der Waals surface area contributed by atoms with Crippen LogP contribution in [0.15, 0.2) is 66.0 Å². The second-order valence-corrected chi connectivity index (χ2v) is 9.06. The topological polar surface area (TPSA) is 32.3 Å². The highest BCUT2D eigenvalue weighted by Crippen LogP contribution is 2.37. The number of Topliss-reactive ketones (excluding diaryl/α,β-unsaturated/α-hetero) is 1. The number of nitrogens with one attached hydrogen (secondary N) is 1. The Morgan fingerprint density at radius 2 is 2.06 bits per heavy atom. The first-order valence-electron chi connectivity index (χ1n) is 11.9. The molecule has 0 atom stereocenters. The summed E-state index contributed by atoms with van der Waals surface area (Å²) < 4.78 is 15.0. The van der Waals surface area contributed by atoms with E-state index in [0.29, 0.717) is 6.42 Å². The first-order chi connectivity index (χ1) is 16.0. The third-order valence-electron chi connectivity index (χ3n) is 6.67. The molecule has 0 saturated carbocycles. The van der Waals surface area contributed by atoms with E-state index in [4.69, 9.17) is 0 Å². The summed E-state index contributed by atoms with van der Waals surface area (Å²) in [6, 6.07) is 12.6. The zero-order chi connectivity index (χ0) is 23.4. The first-order valence-corrected chi connectivity index (χ1v) is 11.9. The van der Waals surface area contributed by atoms with Crippen LogP contribution in [0.4, 0.5) is 15.8 Å². The van der Waals surface area contributed by atoms with E-state index in [1.807, 2.05) is 19.1 Å². The standard InChI is InChI=1S/C29H33FN2O/c1-4-22-8-5-6-10-27(30)29(22)26-18-24(13-12-20(26)2)31-28-11-7-9-23-19-32(16-14-21(3)33)17-15-25(23)28/h5-7,9-13,18,31H,4,8,14-17,19H2,1-3H3. The molecule has 0 bridgehead atoms. The van der Waals surface area contributed by atoms with E-state index in [9.17, 15) is 4.79 Å². The van der Waals surface area contributed by atoms with Gasteiger partial charge in [-0.25, -0.2) is 4.39 Å². The molecule has 1 N–H and O–H groups in total. The summed E-state index contributed by atoms with van der Waals surface area (Å²) in [6.07, 6.45) is 8.57. The number of rotatable bonds is 7. The Morgan fingerprint density at radius 3 is 2.85 bits per heavy atom. The van der Waals surface area contributed by atoms with Crippen molar-refractivity contribution in [1.82, 2.24) is 4.90 Å². The number of benzene rings is 2. The molecular weight excluding hydrogens is 411 g/mol. The van der Waals surface area contributed by atoms with Crippen molar-refractivity contribution in [2.75, 3.05) is 18.4 Å². The molecule has 2 aliphatic rings. The molecule has 0 spiro atoms. The maximum atomic E-state index is 15.0. The van der Waals surface area contributed by atoms with E-state index in [1.165, 1.54) is 11.1 Å². The van der Waals surface area contributed by atoms with E-state index >= 15 is 4.39 Å². The lowest BCUT2D eigenvalue weighted by Gasteiger charge is -2.30. The third-order valence-corrected chi connectivity index (χ3v) is 6.67. The Bertz CT molecular complexity index is 1140. The summed E-state index contributed by atoms with van der Waals surface area (Å²) in [5.41, 5.74) is 8.60. The number of carbonyl (C=O) groups is 1. The molecule has 0 saturated heterocycles. The number of hydrogen-bond acceptors (Lipinski definition) is 3. The van der Waals surface area contributed by atoms with Crippen molar-refractivity contribution in [2.45, 2.75) is 53.0 Å². The van der Waals surface area contributed by atoms with Crippen LogP contribution in [-0.2, 0) is 17.8 Å². The third kappa shape index (κ3) is 5.33. The van der Waals surface area contributed by atoms with Crippen LogP contribution < -0.4 is 5.32 Å². The van der Waals surface area contributed by atoms with E-state index in [-0.39, 0.29) is 11.6 Å². The second kappa shape index (κ2) is 10.3. The van der Waals surface area contributed by atoms with Crippen LogP contribution in [0.3, 0.4) is 0 Å². The summed E-state index contributed by atoms with van der Waals surface area (Å²) in [4.78, 5) is 13.7. The molecule has 2 aromatic rings.